The number of carbonyl (C=O) groups excluding carboxylic acids is 2. The predicted octanol–water partition coefficient (Wildman–Crippen LogP) is 4.90. The first-order valence-electron chi connectivity index (χ1n) is 9.45. The first kappa shape index (κ1) is 20.0. The molecule has 4 rings (SSSR count). The molecule has 0 fully saturated rings. The average Bonchev–Trinajstić information content (AvgIpc) is 2.68. The monoisotopic (exact) mass is 419 g/mol. The predicted molar refractivity (Wildman–Crippen MR) is 117 cm³/mol. The van der Waals surface area contributed by atoms with Gasteiger partial charge in [0.05, 0.1) is 22.3 Å². The highest BCUT2D eigenvalue weighted by molar-refractivity contribution is 7.99. The molecule has 0 saturated heterocycles. The molecule has 1 aliphatic carbocycles. The summed E-state index contributed by atoms with van der Waals surface area (Å²) in [6.07, 6.45) is 0. The second-order valence-electron chi connectivity index (χ2n) is 8.29. The fourth-order valence-electron chi connectivity index (χ4n) is 3.60. The molecule has 0 atom stereocenters. The highest BCUT2D eigenvalue weighted by Gasteiger charge is 2.37. The number of hydrogen-bond donors (Lipinski definition) is 3. The zero-order valence-corrected chi connectivity index (χ0v) is 17.6. The van der Waals surface area contributed by atoms with Crippen molar-refractivity contribution in [2.75, 3.05) is 5.73 Å². The van der Waals surface area contributed by atoms with Crippen LogP contribution in [0.1, 0.15) is 58.2 Å². The maximum Gasteiger partial charge on any atom is 0.200 e. The van der Waals surface area contributed by atoms with Gasteiger partial charge in [0.2, 0.25) is 5.78 Å². The molecule has 3 aromatic carbocycles. The summed E-state index contributed by atoms with van der Waals surface area (Å²) >= 11 is 1.32. The topological polar surface area (TPSA) is 101 Å². The number of nitrogen functional groups attached to an aromatic ring is 1. The van der Waals surface area contributed by atoms with Gasteiger partial charge in [0, 0.05) is 15.5 Å². The molecule has 6 heteroatoms. The van der Waals surface area contributed by atoms with Crippen LogP contribution < -0.4 is 5.73 Å². The highest BCUT2D eigenvalue weighted by Crippen LogP contribution is 2.44. The Morgan fingerprint density at radius 3 is 1.87 bits per heavy atom. The van der Waals surface area contributed by atoms with Crippen molar-refractivity contribution in [1.82, 2.24) is 0 Å². The number of nitrogens with two attached hydrogens (primary N) is 1. The summed E-state index contributed by atoms with van der Waals surface area (Å²) in [6.45, 7) is 6.39. The van der Waals surface area contributed by atoms with Crippen molar-refractivity contribution in [1.29, 1.82) is 0 Å². The fourth-order valence-corrected chi connectivity index (χ4v) is 4.55. The van der Waals surface area contributed by atoms with Gasteiger partial charge in [0.1, 0.15) is 11.5 Å². The lowest BCUT2D eigenvalue weighted by molar-refractivity contribution is 0.0972. The van der Waals surface area contributed by atoms with Crippen LogP contribution in [0.15, 0.2) is 58.3 Å². The second-order valence-corrected chi connectivity index (χ2v) is 9.41. The maximum absolute atomic E-state index is 13.3. The van der Waals surface area contributed by atoms with E-state index in [1.165, 1.54) is 35.5 Å². The maximum atomic E-state index is 13.3. The number of fused-ring (bicyclic) bond motifs is 2. The first-order valence-corrected chi connectivity index (χ1v) is 10.3. The largest absolute Gasteiger partial charge is 0.507 e. The molecule has 0 bridgehead atoms. The summed E-state index contributed by atoms with van der Waals surface area (Å²) in [5.74, 6) is -1.70. The van der Waals surface area contributed by atoms with Crippen molar-refractivity contribution in [3.05, 3.63) is 76.3 Å². The molecule has 3 aromatic rings. The molecule has 5 nitrogen and oxygen atoms in total. The molecule has 30 heavy (non-hydrogen) atoms. The van der Waals surface area contributed by atoms with Crippen LogP contribution >= 0.6 is 11.8 Å². The van der Waals surface area contributed by atoms with Crippen molar-refractivity contribution in [2.24, 2.45) is 0 Å². The van der Waals surface area contributed by atoms with Crippen LogP contribution in [0, 0.1) is 0 Å². The smallest absolute Gasteiger partial charge is 0.200 e. The number of phenolic OH excluding ortho intramolecular Hbond substituents is 2. The number of ketones is 2. The number of carbonyl (C=O) groups is 2. The van der Waals surface area contributed by atoms with Crippen LogP contribution in [0.2, 0.25) is 0 Å². The molecule has 0 amide bonds. The molecule has 152 valence electrons. The lowest BCUT2D eigenvalue weighted by Gasteiger charge is -2.23. The number of benzene rings is 3. The summed E-state index contributed by atoms with van der Waals surface area (Å²) < 4.78 is 0. The van der Waals surface area contributed by atoms with Gasteiger partial charge in [0.15, 0.2) is 5.78 Å². The van der Waals surface area contributed by atoms with Crippen molar-refractivity contribution in [3.8, 4) is 11.5 Å². The average molecular weight is 420 g/mol. The summed E-state index contributed by atoms with van der Waals surface area (Å²) in [4.78, 5) is 27.8. The Labute approximate surface area is 178 Å². The van der Waals surface area contributed by atoms with Gasteiger partial charge in [-0.2, -0.15) is 0 Å². The van der Waals surface area contributed by atoms with Gasteiger partial charge < -0.3 is 15.9 Å². The molecule has 0 unspecified atom stereocenters. The van der Waals surface area contributed by atoms with Crippen LogP contribution in [-0.4, -0.2) is 21.8 Å². The summed E-state index contributed by atoms with van der Waals surface area (Å²) in [5, 5.41) is 20.6. The Morgan fingerprint density at radius 2 is 1.27 bits per heavy atom. The van der Waals surface area contributed by atoms with Gasteiger partial charge in [-0.1, -0.05) is 44.7 Å². The summed E-state index contributed by atoms with van der Waals surface area (Å²) in [7, 11) is 0. The van der Waals surface area contributed by atoms with E-state index in [1.807, 2.05) is 24.3 Å². The Kier molecular flexibility index (Phi) is 4.62. The normalized spacial score (nSPS) is 13.2. The highest BCUT2D eigenvalue weighted by atomic mass is 32.2. The van der Waals surface area contributed by atoms with Gasteiger partial charge >= 0.3 is 0 Å². The molecule has 0 aromatic heterocycles. The van der Waals surface area contributed by atoms with E-state index in [-0.39, 0.29) is 44.9 Å². The molecule has 0 heterocycles. The van der Waals surface area contributed by atoms with Crippen LogP contribution in [0.4, 0.5) is 5.69 Å². The number of phenols is 2. The lowest BCUT2D eigenvalue weighted by Crippen LogP contribution is -2.23. The minimum atomic E-state index is -0.573. The van der Waals surface area contributed by atoms with Crippen LogP contribution in [0.25, 0.3) is 0 Å². The Morgan fingerprint density at radius 1 is 0.733 bits per heavy atom. The van der Waals surface area contributed by atoms with E-state index in [0.29, 0.717) is 4.90 Å². The Balaban J connectivity index is 1.83. The molecule has 0 aliphatic heterocycles. The minimum Gasteiger partial charge on any atom is -0.507 e. The Bertz CT molecular complexity index is 1210. The van der Waals surface area contributed by atoms with Crippen LogP contribution in [-0.2, 0) is 5.41 Å². The minimum absolute atomic E-state index is 0.0183. The zero-order chi connectivity index (χ0) is 21.8. The summed E-state index contributed by atoms with van der Waals surface area (Å²) in [6, 6.07) is 13.7. The molecule has 0 saturated carbocycles. The first-order chi connectivity index (χ1) is 14.1. The lowest BCUT2D eigenvalue weighted by atomic mass is 9.82. The molecule has 4 N–H and O–H groups in total. The third-order valence-electron chi connectivity index (χ3n) is 5.22. The number of rotatable bonds is 2. The number of anilines is 1. The van der Waals surface area contributed by atoms with E-state index in [9.17, 15) is 19.8 Å². The van der Waals surface area contributed by atoms with E-state index in [1.54, 1.807) is 6.07 Å². The van der Waals surface area contributed by atoms with E-state index in [0.717, 1.165) is 4.90 Å². The third kappa shape index (κ3) is 3.13. The Hall–Kier alpha value is -3.25. The van der Waals surface area contributed by atoms with E-state index in [4.69, 9.17) is 5.73 Å². The van der Waals surface area contributed by atoms with Crippen molar-refractivity contribution in [3.63, 3.8) is 0 Å². The SMILES string of the molecule is CC(C)(C)c1ccc(Sc2ccc(O)c3c2C(=O)c2c(O)ccc(N)c2C3=O)cc1. The third-order valence-corrected chi connectivity index (χ3v) is 6.29. The summed E-state index contributed by atoms with van der Waals surface area (Å²) in [5.41, 5.74) is 7.00. The van der Waals surface area contributed by atoms with Gasteiger partial charge in [-0.05, 0) is 47.4 Å². The molecule has 0 radical (unpaired) electrons. The zero-order valence-electron chi connectivity index (χ0n) is 16.8. The van der Waals surface area contributed by atoms with Gasteiger partial charge in [-0.3, -0.25) is 9.59 Å². The number of hydrogen-bond acceptors (Lipinski definition) is 6. The van der Waals surface area contributed by atoms with E-state index in [2.05, 4.69) is 20.8 Å². The van der Waals surface area contributed by atoms with Crippen molar-refractivity contribution >= 4 is 29.0 Å². The molecule has 1 aliphatic rings. The van der Waals surface area contributed by atoms with Gasteiger partial charge in [0.25, 0.3) is 0 Å². The molecular weight excluding hydrogens is 398 g/mol. The van der Waals surface area contributed by atoms with Crippen molar-refractivity contribution < 1.29 is 19.8 Å². The van der Waals surface area contributed by atoms with Crippen molar-refractivity contribution in [2.45, 2.75) is 36.0 Å². The standard InChI is InChI=1S/C24H21NO4S/c1-24(2,3)12-4-6-13(7-5-12)30-17-11-10-16(27)20-21(17)23(29)19-15(26)9-8-14(25)18(19)22(20)28/h4-11,26-27H,25H2,1-3H3. The van der Waals surface area contributed by atoms with Crippen LogP contribution in [0.5, 0.6) is 11.5 Å². The molecule has 0 spiro atoms. The fraction of sp³-hybridized carbons (Fsp3) is 0.167. The second kappa shape index (κ2) is 6.92. The van der Waals surface area contributed by atoms with E-state index >= 15 is 0 Å². The van der Waals surface area contributed by atoms with E-state index < -0.39 is 11.6 Å². The van der Waals surface area contributed by atoms with Crippen LogP contribution in [0.3, 0.4) is 0 Å². The quantitative estimate of drug-likeness (QED) is 0.315. The number of aromatic hydroxyl groups is 2. The molecular formula is C24H21NO4S. The van der Waals surface area contributed by atoms with Gasteiger partial charge in [-0.15, -0.1) is 0 Å². The van der Waals surface area contributed by atoms with Gasteiger partial charge in [-0.25, -0.2) is 0 Å².